The lowest BCUT2D eigenvalue weighted by Gasteiger charge is -2.19. The van der Waals surface area contributed by atoms with E-state index in [0.717, 1.165) is 5.82 Å². The molecule has 0 unspecified atom stereocenters. The van der Waals surface area contributed by atoms with E-state index in [1.165, 1.54) is 61.1 Å². The van der Waals surface area contributed by atoms with Gasteiger partial charge in [0, 0.05) is 17.8 Å². The Balaban J connectivity index is 1.97. The number of nitrogens with two attached hydrogens (primary N) is 1. The molecule has 1 fully saturated rings. The van der Waals surface area contributed by atoms with Crippen LogP contribution < -0.4 is 5.73 Å². The van der Waals surface area contributed by atoms with Crippen LogP contribution in [0.1, 0.15) is 56.6 Å². The predicted molar refractivity (Wildman–Crippen MR) is 86.0 cm³/mol. The molecular weight excluding hydrogens is 266 g/mol. The molecule has 20 heavy (non-hydrogen) atoms. The maximum absolute atomic E-state index is 6.28. The van der Waals surface area contributed by atoms with Gasteiger partial charge in [0.05, 0.1) is 11.3 Å². The van der Waals surface area contributed by atoms with Crippen LogP contribution >= 0.6 is 11.3 Å². The maximum atomic E-state index is 6.28. The van der Waals surface area contributed by atoms with Gasteiger partial charge in [0.25, 0.3) is 0 Å². The Bertz CT molecular complexity index is 549. The van der Waals surface area contributed by atoms with Crippen molar-refractivity contribution in [2.45, 2.75) is 50.9 Å². The van der Waals surface area contributed by atoms with Crippen molar-refractivity contribution in [2.24, 2.45) is 7.05 Å². The zero-order chi connectivity index (χ0) is 13.9. The number of hydrogen-bond donors (Lipinski definition) is 1. The van der Waals surface area contributed by atoms with Gasteiger partial charge in [-0.25, -0.2) is 0 Å². The zero-order valence-electron chi connectivity index (χ0n) is 12.1. The minimum absolute atomic E-state index is 0.580. The van der Waals surface area contributed by atoms with Gasteiger partial charge in [-0.15, -0.1) is 11.3 Å². The van der Waals surface area contributed by atoms with E-state index in [-0.39, 0.29) is 0 Å². The lowest BCUT2D eigenvalue weighted by Crippen LogP contribution is -2.05. The summed E-state index contributed by atoms with van der Waals surface area (Å²) in [5, 5.41) is 6.88. The summed E-state index contributed by atoms with van der Waals surface area (Å²) in [4.78, 5) is 1.26. The summed E-state index contributed by atoms with van der Waals surface area (Å²) in [6.07, 6.45) is 9.30. The summed E-state index contributed by atoms with van der Waals surface area (Å²) < 4.78 is 1.85. The Morgan fingerprint density at radius 1 is 1.20 bits per heavy atom. The molecule has 2 N–H and O–H groups in total. The van der Waals surface area contributed by atoms with Crippen molar-refractivity contribution in [1.82, 2.24) is 9.78 Å². The van der Waals surface area contributed by atoms with Crippen molar-refractivity contribution < 1.29 is 0 Å². The number of nitrogens with zero attached hydrogens (tertiary/aromatic N) is 2. The molecule has 108 valence electrons. The van der Waals surface area contributed by atoms with Crippen LogP contribution in [0, 0.1) is 0 Å². The molecule has 3 rings (SSSR count). The van der Waals surface area contributed by atoms with E-state index in [0.29, 0.717) is 5.92 Å². The summed E-state index contributed by atoms with van der Waals surface area (Å²) in [5.74, 6) is 1.39. The monoisotopic (exact) mass is 289 g/mol. The topological polar surface area (TPSA) is 43.8 Å². The van der Waals surface area contributed by atoms with E-state index < -0.39 is 0 Å². The third-order valence-electron chi connectivity index (χ3n) is 4.38. The highest BCUT2D eigenvalue weighted by Crippen LogP contribution is 2.40. The number of aromatic nitrogens is 2. The van der Waals surface area contributed by atoms with Crippen LogP contribution in [-0.2, 0) is 7.05 Å². The first kappa shape index (κ1) is 13.7. The first-order valence-corrected chi connectivity index (χ1v) is 8.51. The Labute approximate surface area is 124 Å². The average molecular weight is 289 g/mol. The molecule has 2 aromatic heterocycles. The van der Waals surface area contributed by atoms with E-state index in [2.05, 4.69) is 17.5 Å². The smallest absolute Gasteiger partial charge is 0.130 e. The fourth-order valence-corrected chi connectivity index (χ4v) is 4.03. The summed E-state index contributed by atoms with van der Waals surface area (Å²) >= 11 is 1.76. The van der Waals surface area contributed by atoms with Crippen molar-refractivity contribution in [3.05, 3.63) is 23.2 Å². The second kappa shape index (κ2) is 6.00. The second-order valence-electron chi connectivity index (χ2n) is 5.79. The van der Waals surface area contributed by atoms with Crippen molar-refractivity contribution in [3.63, 3.8) is 0 Å². The molecule has 0 aliphatic heterocycles. The largest absolute Gasteiger partial charge is 0.383 e. The van der Waals surface area contributed by atoms with Crippen LogP contribution in [-0.4, -0.2) is 9.78 Å². The van der Waals surface area contributed by atoms with Crippen molar-refractivity contribution >= 4 is 17.2 Å². The van der Waals surface area contributed by atoms with Crippen LogP contribution in [0.5, 0.6) is 0 Å². The van der Waals surface area contributed by atoms with Crippen molar-refractivity contribution in [2.75, 3.05) is 5.73 Å². The van der Waals surface area contributed by atoms with E-state index >= 15 is 0 Å². The van der Waals surface area contributed by atoms with E-state index in [1.807, 2.05) is 11.7 Å². The maximum Gasteiger partial charge on any atom is 0.130 e. The Morgan fingerprint density at radius 2 is 1.90 bits per heavy atom. The molecule has 2 aromatic rings. The highest BCUT2D eigenvalue weighted by atomic mass is 32.1. The van der Waals surface area contributed by atoms with E-state index in [4.69, 9.17) is 10.8 Å². The normalized spacial score (nSPS) is 17.9. The lowest BCUT2D eigenvalue weighted by molar-refractivity contribution is 0.447. The Kier molecular flexibility index (Phi) is 4.10. The van der Waals surface area contributed by atoms with E-state index in [9.17, 15) is 0 Å². The van der Waals surface area contributed by atoms with Gasteiger partial charge in [0.1, 0.15) is 5.82 Å². The minimum Gasteiger partial charge on any atom is -0.383 e. The van der Waals surface area contributed by atoms with Gasteiger partial charge < -0.3 is 5.73 Å². The lowest BCUT2D eigenvalue weighted by atomic mass is 9.87. The van der Waals surface area contributed by atoms with Gasteiger partial charge in [-0.1, -0.05) is 38.2 Å². The first-order valence-electron chi connectivity index (χ1n) is 7.63. The third kappa shape index (κ3) is 2.62. The number of aryl methyl sites for hydroxylation is 1. The molecule has 0 bridgehead atoms. The average Bonchev–Trinajstić information content (AvgIpc) is 2.99. The SMILES string of the molecule is Cn1nc(C2CCCCCCC2)c(-c2cccs2)c1N. The van der Waals surface area contributed by atoms with Gasteiger partial charge in [-0.3, -0.25) is 4.68 Å². The summed E-state index contributed by atoms with van der Waals surface area (Å²) in [5.41, 5.74) is 8.70. The highest BCUT2D eigenvalue weighted by molar-refractivity contribution is 7.13. The van der Waals surface area contributed by atoms with Crippen molar-refractivity contribution in [1.29, 1.82) is 0 Å². The quantitative estimate of drug-likeness (QED) is 0.880. The molecule has 4 heteroatoms. The molecule has 0 amide bonds. The summed E-state index contributed by atoms with van der Waals surface area (Å²) in [6, 6.07) is 4.25. The standard InChI is InChI=1S/C16H23N3S/c1-19-16(17)14(13-10-7-11-20-13)15(18-19)12-8-5-3-2-4-6-9-12/h7,10-12H,2-6,8-9,17H2,1H3. The number of thiophene rings is 1. The van der Waals surface area contributed by atoms with Gasteiger partial charge in [0.2, 0.25) is 0 Å². The fourth-order valence-electron chi connectivity index (χ4n) is 3.25. The molecule has 0 atom stereocenters. The third-order valence-corrected chi connectivity index (χ3v) is 5.27. The van der Waals surface area contributed by atoms with E-state index in [1.54, 1.807) is 11.3 Å². The van der Waals surface area contributed by atoms with Gasteiger partial charge in [0.15, 0.2) is 0 Å². The molecule has 0 saturated heterocycles. The minimum atomic E-state index is 0.580. The van der Waals surface area contributed by atoms with Gasteiger partial charge in [-0.05, 0) is 24.3 Å². The van der Waals surface area contributed by atoms with Gasteiger partial charge >= 0.3 is 0 Å². The molecule has 2 heterocycles. The number of rotatable bonds is 2. The molecule has 3 nitrogen and oxygen atoms in total. The Morgan fingerprint density at radius 3 is 2.55 bits per heavy atom. The molecule has 1 aliphatic carbocycles. The molecule has 0 radical (unpaired) electrons. The predicted octanol–water partition coefficient (Wildman–Crippen LogP) is 4.56. The summed E-state index contributed by atoms with van der Waals surface area (Å²) in [7, 11) is 1.96. The van der Waals surface area contributed by atoms with Crippen LogP contribution in [0.15, 0.2) is 17.5 Å². The number of nitrogen functional groups attached to an aromatic ring is 1. The van der Waals surface area contributed by atoms with Crippen LogP contribution in [0.25, 0.3) is 10.4 Å². The van der Waals surface area contributed by atoms with Crippen LogP contribution in [0.3, 0.4) is 0 Å². The zero-order valence-corrected chi connectivity index (χ0v) is 13.0. The molecule has 1 aliphatic rings. The summed E-state index contributed by atoms with van der Waals surface area (Å²) in [6.45, 7) is 0. The first-order chi connectivity index (χ1) is 9.77. The second-order valence-corrected chi connectivity index (χ2v) is 6.74. The molecule has 1 saturated carbocycles. The van der Waals surface area contributed by atoms with Crippen LogP contribution in [0.2, 0.25) is 0 Å². The number of anilines is 1. The highest BCUT2D eigenvalue weighted by Gasteiger charge is 2.24. The Hall–Kier alpha value is -1.29. The number of hydrogen-bond acceptors (Lipinski definition) is 3. The molecule has 0 aromatic carbocycles. The van der Waals surface area contributed by atoms with Crippen molar-refractivity contribution in [3.8, 4) is 10.4 Å². The molecule has 0 spiro atoms. The molecular formula is C16H23N3S. The van der Waals surface area contributed by atoms with Gasteiger partial charge in [-0.2, -0.15) is 5.10 Å². The fraction of sp³-hybridized carbons (Fsp3) is 0.562. The van der Waals surface area contributed by atoms with Crippen LogP contribution in [0.4, 0.5) is 5.82 Å².